The molecule has 0 aliphatic heterocycles. The number of Topliss-reactive ketones (excluding diaryl/α,β-unsaturated/α-hetero) is 1. The highest BCUT2D eigenvalue weighted by Crippen LogP contribution is 2.15. The Labute approximate surface area is 81.8 Å². The van der Waals surface area contributed by atoms with Crippen molar-refractivity contribution in [2.24, 2.45) is 0 Å². The van der Waals surface area contributed by atoms with Gasteiger partial charge in [0.05, 0.1) is 11.7 Å². The third-order valence-electron chi connectivity index (χ3n) is 2.19. The number of carbonyl (C=O) groups excluding carboxylic acids is 1. The number of hydrogen-bond acceptors (Lipinski definition) is 3. The molecule has 0 unspecified atom stereocenters. The number of rotatable bonds is 1. The highest BCUT2D eigenvalue weighted by atomic mass is 16.1. The van der Waals surface area contributed by atoms with Crippen molar-refractivity contribution in [1.29, 1.82) is 0 Å². The predicted octanol–water partition coefficient (Wildman–Crippen LogP) is 2.14. The van der Waals surface area contributed by atoms with Crippen LogP contribution in [0.3, 0.4) is 0 Å². The quantitative estimate of drug-likeness (QED) is 0.641. The molecule has 0 bridgehead atoms. The lowest BCUT2D eigenvalue weighted by Crippen LogP contribution is -1.99. The minimum absolute atomic E-state index is 0.0497. The minimum Gasteiger partial charge on any atom is -0.294 e. The molecule has 0 saturated heterocycles. The molecular weight excluding hydrogens is 176 g/mol. The molecular formula is C11H10N2O. The highest BCUT2D eigenvalue weighted by molar-refractivity contribution is 5.98. The number of hydrogen-bond donors (Lipinski definition) is 0. The molecule has 0 fully saturated rings. The van der Waals surface area contributed by atoms with E-state index >= 15 is 0 Å². The van der Waals surface area contributed by atoms with Gasteiger partial charge in [-0.05, 0) is 26.0 Å². The molecule has 2 aromatic rings. The van der Waals surface area contributed by atoms with E-state index in [1.54, 1.807) is 19.3 Å². The molecule has 0 amide bonds. The van der Waals surface area contributed by atoms with Crippen LogP contribution in [0.5, 0.6) is 0 Å². The second kappa shape index (κ2) is 3.18. The third kappa shape index (κ3) is 1.37. The van der Waals surface area contributed by atoms with Crippen LogP contribution in [0.2, 0.25) is 0 Å². The summed E-state index contributed by atoms with van der Waals surface area (Å²) in [6.45, 7) is 3.39. The summed E-state index contributed by atoms with van der Waals surface area (Å²) in [4.78, 5) is 19.5. The number of nitrogens with zero attached hydrogens (tertiary/aromatic N) is 2. The summed E-state index contributed by atoms with van der Waals surface area (Å²) < 4.78 is 0. The van der Waals surface area contributed by atoms with E-state index in [0.717, 1.165) is 16.6 Å². The minimum atomic E-state index is 0.0497. The second-order valence-corrected chi connectivity index (χ2v) is 3.25. The fourth-order valence-electron chi connectivity index (χ4n) is 1.47. The molecule has 0 aromatic carbocycles. The van der Waals surface area contributed by atoms with Gasteiger partial charge in [-0.25, -0.2) is 0 Å². The molecule has 14 heavy (non-hydrogen) atoms. The van der Waals surface area contributed by atoms with Gasteiger partial charge in [-0.15, -0.1) is 0 Å². The maximum absolute atomic E-state index is 11.3. The van der Waals surface area contributed by atoms with E-state index in [2.05, 4.69) is 9.97 Å². The summed E-state index contributed by atoms with van der Waals surface area (Å²) in [5.41, 5.74) is 2.27. The number of aromatic nitrogens is 2. The van der Waals surface area contributed by atoms with E-state index < -0.39 is 0 Å². The van der Waals surface area contributed by atoms with Gasteiger partial charge in [0.1, 0.15) is 0 Å². The summed E-state index contributed by atoms with van der Waals surface area (Å²) in [5.74, 6) is 0.0497. The molecule has 0 aliphatic carbocycles. The third-order valence-corrected chi connectivity index (χ3v) is 2.19. The van der Waals surface area contributed by atoms with E-state index in [4.69, 9.17) is 0 Å². The Kier molecular flexibility index (Phi) is 2.00. The van der Waals surface area contributed by atoms with Crippen LogP contribution in [-0.2, 0) is 0 Å². The Balaban J connectivity index is 2.77. The summed E-state index contributed by atoms with van der Waals surface area (Å²) in [7, 11) is 0. The molecule has 3 nitrogen and oxygen atoms in total. The first kappa shape index (κ1) is 8.81. The van der Waals surface area contributed by atoms with Crippen LogP contribution in [-0.4, -0.2) is 15.8 Å². The molecule has 3 heteroatoms. The van der Waals surface area contributed by atoms with Gasteiger partial charge in [0.25, 0.3) is 0 Å². The maximum Gasteiger partial charge on any atom is 0.161 e. The summed E-state index contributed by atoms with van der Waals surface area (Å²) in [6.07, 6.45) is 3.40. The van der Waals surface area contributed by atoms with Crippen LogP contribution in [0.25, 0.3) is 10.9 Å². The van der Waals surface area contributed by atoms with Crippen LogP contribution in [0.1, 0.15) is 23.0 Å². The summed E-state index contributed by atoms with van der Waals surface area (Å²) in [6, 6.07) is 3.72. The average molecular weight is 186 g/mol. The molecule has 0 atom stereocenters. The zero-order valence-electron chi connectivity index (χ0n) is 8.11. The predicted molar refractivity (Wildman–Crippen MR) is 54.3 cm³/mol. The molecule has 70 valence electrons. The molecule has 2 aromatic heterocycles. The van der Waals surface area contributed by atoms with Crippen molar-refractivity contribution in [3.05, 3.63) is 35.8 Å². The normalized spacial score (nSPS) is 10.4. The van der Waals surface area contributed by atoms with Gasteiger partial charge < -0.3 is 0 Å². The van der Waals surface area contributed by atoms with Crippen molar-refractivity contribution in [2.75, 3.05) is 0 Å². The first-order valence-electron chi connectivity index (χ1n) is 4.41. The topological polar surface area (TPSA) is 42.9 Å². The summed E-state index contributed by atoms with van der Waals surface area (Å²) in [5, 5.41) is 0.954. The van der Waals surface area contributed by atoms with E-state index in [-0.39, 0.29) is 5.78 Å². The Morgan fingerprint density at radius 2 is 2.21 bits per heavy atom. The van der Waals surface area contributed by atoms with Crippen molar-refractivity contribution in [3.8, 4) is 0 Å². The highest BCUT2D eigenvalue weighted by Gasteiger charge is 2.06. The molecule has 2 heterocycles. The Morgan fingerprint density at radius 3 is 2.93 bits per heavy atom. The zero-order valence-corrected chi connectivity index (χ0v) is 8.11. The van der Waals surface area contributed by atoms with Crippen LogP contribution in [0, 0.1) is 6.92 Å². The smallest absolute Gasteiger partial charge is 0.161 e. The number of pyridine rings is 2. The van der Waals surface area contributed by atoms with Crippen LogP contribution >= 0.6 is 0 Å². The van der Waals surface area contributed by atoms with Gasteiger partial charge >= 0.3 is 0 Å². The van der Waals surface area contributed by atoms with Gasteiger partial charge in [-0.3, -0.25) is 14.8 Å². The van der Waals surface area contributed by atoms with Gasteiger partial charge in [-0.1, -0.05) is 0 Å². The fraction of sp³-hybridized carbons (Fsp3) is 0.182. The van der Waals surface area contributed by atoms with Crippen molar-refractivity contribution >= 4 is 16.7 Å². The Hall–Kier alpha value is -1.77. The lowest BCUT2D eigenvalue weighted by atomic mass is 10.1. The first-order chi connectivity index (χ1) is 6.68. The molecule has 0 spiro atoms. The SMILES string of the molecule is CC(=O)c1cc2ccncc2nc1C. The first-order valence-corrected chi connectivity index (χ1v) is 4.41. The van der Waals surface area contributed by atoms with Crippen molar-refractivity contribution in [1.82, 2.24) is 9.97 Å². The number of carbonyl (C=O) groups is 1. The van der Waals surface area contributed by atoms with Gasteiger partial charge in [-0.2, -0.15) is 0 Å². The molecule has 0 aliphatic rings. The Bertz CT molecular complexity index is 506. The summed E-state index contributed by atoms with van der Waals surface area (Å²) >= 11 is 0. The van der Waals surface area contributed by atoms with E-state index in [0.29, 0.717) is 5.56 Å². The van der Waals surface area contributed by atoms with Crippen LogP contribution in [0.15, 0.2) is 24.5 Å². The fourth-order valence-corrected chi connectivity index (χ4v) is 1.47. The van der Waals surface area contributed by atoms with E-state index in [9.17, 15) is 4.79 Å². The monoisotopic (exact) mass is 186 g/mol. The Morgan fingerprint density at radius 1 is 1.43 bits per heavy atom. The number of fused-ring (bicyclic) bond motifs is 1. The molecule has 2 rings (SSSR count). The molecule has 0 radical (unpaired) electrons. The lowest BCUT2D eigenvalue weighted by molar-refractivity contribution is 0.101. The lowest BCUT2D eigenvalue weighted by Gasteiger charge is -2.03. The van der Waals surface area contributed by atoms with Crippen molar-refractivity contribution < 1.29 is 4.79 Å². The van der Waals surface area contributed by atoms with Gasteiger partial charge in [0.2, 0.25) is 0 Å². The molecule has 0 saturated carbocycles. The van der Waals surface area contributed by atoms with Crippen LogP contribution in [0.4, 0.5) is 0 Å². The van der Waals surface area contributed by atoms with Crippen molar-refractivity contribution in [3.63, 3.8) is 0 Å². The van der Waals surface area contributed by atoms with Gasteiger partial charge in [0.15, 0.2) is 5.78 Å². The van der Waals surface area contributed by atoms with E-state index in [1.165, 1.54) is 0 Å². The van der Waals surface area contributed by atoms with E-state index in [1.807, 2.05) is 19.1 Å². The van der Waals surface area contributed by atoms with Crippen LogP contribution < -0.4 is 0 Å². The maximum atomic E-state index is 11.3. The standard InChI is InChI=1S/C11H10N2O/c1-7-10(8(2)14)5-9-3-4-12-6-11(9)13-7/h3-6H,1-2H3. The largest absolute Gasteiger partial charge is 0.294 e. The molecule has 0 N–H and O–H groups in total. The average Bonchev–Trinajstić information content (AvgIpc) is 2.16. The number of ketones is 1. The van der Waals surface area contributed by atoms with Crippen molar-refractivity contribution in [2.45, 2.75) is 13.8 Å². The number of aryl methyl sites for hydroxylation is 1. The zero-order chi connectivity index (χ0) is 10.1. The van der Waals surface area contributed by atoms with Gasteiger partial charge in [0, 0.05) is 22.8 Å². The second-order valence-electron chi connectivity index (χ2n) is 3.25.